The van der Waals surface area contributed by atoms with Crippen LogP contribution in [0.5, 0.6) is 0 Å². The Bertz CT molecular complexity index is 576. The van der Waals surface area contributed by atoms with Gasteiger partial charge in [-0.15, -0.1) is 0 Å². The largest absolute Gasteiger partial charge is 0.331 e. The third-order valence-electron chi connectivity index (χ3n) is 2.80. The summed E-state index contributed by atoms with van der Waals surface area (Å²) in [5, 5.41) is 7.64. The molecule has 0 aliphatic heterocycles. The first-order valence-corrected chi connectivity index (χ1v) is 6.93. The number of nitrogens with zero attached hydrogens (tertiary/aromatic N) is 1. The van der Waals surface area contributed by atoms with Gasteiger partial charge >= 0.3 is 0 Å². The molecule has 4 heteroatoms. The van der Waals surface area contributed by atoms with E-state index in [0.29, 0.717) is 5.11 Å². The predicted octanol–water partition coefficient (Wildman–Crippen LogP) is 3.57. The maximum Gasteiger partial charge on any atom is 0.191 e. The highest BCUT2D eigenvalue weighted by molar-refractivity contribution is 7.80. The summed E-state index contributed by atoms with van der Waals surface area (Å²) in [7, 11) is 0. The Labute approximate surface area is 124 Å². The normalized spacial score (nSPS) is 10.4. The van der Waals surface area contributed by atoms with Crippen molar-refractivity contribution in [2.75, 3.05) is 5.32 Å². The Hall–Kier alpha value is -2.20. The van der Waals surface area contributed by atoms with Gasteiger partial charge in [0.25, 0.3) is 0 Å². The Balaban J connectivity index is 1.84. The van der Waals surface area contributed by atoms with Crippen molar-refractivity contribution in [1.82, 2.24) is 5.43 Å². The fourth-order valence-corrected chi connectivity index (χ4v) is 1.86. The average Bonchev–Trinajstić information content (AvgIpc) is 2.49. The Morgan fingerprint density at radius 1 is 1.10 bits per heavy atom. The lowest BCUT2D eigenvalue weighted by molar-refractivity contribution is 1.05. The van der Waals surface area contributed by atoms with E-state index in [-0.39, 0.29) is 0 Å². The van der Waals surface area contributed by atoms with Gasteiger partial charge in [0.2, 0.25) is 0 Å². The summed E-state index contributed by atoms with van der Waals surface area (Å²) in [6.45, 7) is 2.14. The van der Waals surface area contributed by atoms with Crippen LogP contribution in [0.15, 0.2) is 59.7 Å². The van der Waals surface area contributed by atoms with E-state index in [0.717, 1.165) is 17.7 Å². The van der Waals surface area contributed by atoms with Crippen molar-refractivity contribution < 1.29 is 0 Å². The molecule has 0 radical (unpaired) electrons. The van der Waals surface area contributed by atoms with Crippen LogP contribution >= 0.6 is 12.2 Å². The van der Waals surface area contributed by atoms with Gasteiger partial charge in [-0.1, -0.05) is 49.4 Å². The van der Waals surface area contributed by atoms with Gasteiger partial charge in [0.05, 0.1) is 6.21 Å². The van der Waals surface area contributed by atoms with E-state index in [1.807, 2.05) is 42.5 Å². The fraction of sp³-hybridized carbons (Fsp3) is 0.125. The summed E-state index contributed by atoms with van der Waals surface area (Å²) in [4.78, 5) is 0. The first-order valence-electron chi connectivity index (χ1n) is 6.52. The third-order valence-corrected chi connectivity index (χ3v) is 2.99. The zero-order valence-corrected chi connectivity index (χ0v) is 12.2. The molecule has 2 aromatic carbocycles. The molecule has 0 saturated carbocycles. The number of benzene rings is 2. The molecule has 0 unspecified atom stereocenters. The van der Waals surface area contributed by atoms with Crippen LogP contribution in [0.1, 0.15) is 18.1 Å². The molecule has 102 valence electrons. The van der Waals surface area contributed by atoms with Crippen molar-refractivity contribution in [1.29, 1.82) is 0 Å². The lowest BCUT2D eigenvalue weighted by atomic mass is 10.1. The van der Waals surface area contributed by atoms with Crippen LogP contribution in [0, 0.1) is 0 Å². The molecule has 0 aliphatic carbocycles. The van der Waals surface area contributed by atoms with E-state index < -0.39 is 0 Å². The van der Waals surface area contributed by atoms with Gasteiger partial charge in [-0.3, -0.25) is 5.43 Å². The highest BCUT2D eigenvalue weighted by Crippen LogP contribution is 2.04. The molecule has 0 bridgehead atoms. The van der Waals surface area contributed by atoms with Gasteiger partial charge < -0.3 is 5.32 Å². The van der Waals surface area contributed by atoms with Crippen LogP contribution in [0.2, 0.25) is 0 Å². The van der Waals surface area contributed by atoms with E-state index in [9.17, 15) is 0 Å². The number of aryl methyl sites for hydroxylation is 1. The van der Waals surface area contributed by atoms with Crippen molar-refractivity contribution in [2.24, 2.45) is 5.10 Å². The maximum atomic E-state index is 5.15. The molecule has 0 saturated heterocycles. The second-order valence-corrected chi connectivity index (χ2v) is 4.69. The first kappa shape index (κ1) is 14.2. The molecular weight excluding hydrogens is 266 g/mol. The molecular formula is C16H17N3S. The standard InChI is InChI=1S/C16H17N3S/c1-2-13-8-10-14(11-9-13)12-17-19-16(20)18-15-6-4-3-5-7-15/h3-12H,2H2,1H3,(H2,18,19,20)/b17-12-. The van der Waals surface area contributed by atoms with Gasteiger partial charge in [0, 0.05) is 5.69 Å². The quantitative estimate of drug-likeness (QED) is 0.511. The van der Waals surface area contributed by atoms with Crippen LogP contribution in [-0.4, -0.2) is 11.3 Å². The number of hydrogen-bond donors (Lipinski definition) is 2. The molecule has 0 fully saturated rings. The molecule has 0 heterocycles. The van der Waals surface area contributed by atoms with E-state index in [1.54, 1.807) is 6.21 Å². The van der Waals surface area contributed by atoms with E-state index >= 15 is 0 Å². The molecule has 0 aromatic heterocycles. The lowest BCUT2D eigenvalue weighted by Gasteiger charge is -2.06. The smallest absolute Gasteiger partial charge is 0.191 e. The number of thiocarbonyl (C=S) groups is 1. The van der Waals surface area contributed by atoms with Gasteiger partial charge in [-0.05, 0) is 41.9 Å². The Kier molecular flexibility index (Phi) is 5.26. The van der Waals surface area contributed by atoms with Crippen LogP contribution in [-0.2, 0) is 6.42 Å². The van der Waals surface area contributed by atoms with Crippen molar-refractivity contribution in [3.05, 3.63) is 65.7 Å². The monoisotopic (exact) mass is 283 g/mol. The van der Waals surface area contributed by atoms with E-state index in [4.69, 9.17) is 12.2 Å². The maximum absolute atomic E-state index is 5.15. The Morgan fingerprint density at radius 2 is 1.80 bits per heavy atom. The number of rotatable bonds is 4. The van der Waals surface area contributed by atoms with Crippen molar-refractivity contribution in [2.45, 2.75) is 13.3 Å². The highest BCUT2D eigenvalue weighted by Gasteiger charge is 1.94. The van der Waals surface area contributed by atoms with Crippen molar-refractivity contribution in [3.8, 4) is 0 Å². The van der Waals surface area contributed by atoms with Gasteiger partial charge in [0.1, 0.15) is 0 Å². The second-order valence-electron chi connectivity index (χ2n) is 4.29. The van der Waals surface area contributed by atoms with Crippen LogP contribution < -0.4 is 10.7 Å². The molecule has 0 spiro atoms. The van der Waals surface area contributed by atoms with Crippen molar-refractivity contribution in [3.63, 3.8) is 0 Å². The molecule has 0 amide bonds. The topological polar surface area (TPSA) is 36.4 Å². The summed E-state index contributed by atoms with van der Waals surface area (Å²) < 4.78 is 0. The molecule has 2 N–H and O–H groups in total. The summed E-state index contributed by atoms with van der Waals surface area (Å²) in [6, 6.07) is 18.0. The number of nitrogens with one attached hydrogen (secondary N) is 2. The fourth-order valence-electron chi connectivity index (χ4n) is 1.69. The van der Waals surface area contributed by atoms with Crippen molar-refractivity contribution >= 4 is 29.2 Å². The second kappa shape index (κ2) is 7.40. The third kappa shape index (κ3) is 4.48. The first-order chi connectivity index (χ1) is 9.78. The number of hydrazone groups is 1. The zero-order chi connectivity index (χ0) is 14.2. The van der Waals surface area contributed by atoms with Crippen LogP contribution in [0.25, 0.3) is 0 Å². The SMILES string of the molecule is CCc1ccc(/C=N\NC(=S)Nc2ccccc2)cc1. The number of anilines is 1. The zero-order valence-electron chi connectivity index (χ0n) is 11.3. The molecule has 20 heavy (non-hydrogen) atoms. The summed E-state index contributed by atoms with van der Waals surface area (Å²) in [5.41, 5.74) is 6.09. The summed E-state index contributed by atoms with van der Waals surface area (Å²) in [6.07, 6.45) is 2.79. The van der Waals surface area contributed by atoms with E-state index in [2.05, 4.69) is 34.9 Å². The van der Waals surface area contributed by atoms with Gasteiger partial charge in [-0.25, -0.2) is 0 Å². The summed E-state index contributed by atoms with van der Waals surface area (Å²) in [5.74, 6) is 0. The molecule has 0 aliphatic rings. The number of hydrogen-bond acceptors (Lipinski definition) is 2. The molecule has 2 rings (SSSR count). The van der Waals surface area contributed by atoms with Gasteiger partial charge in [-0.2, -0.15) is 5.10 Å². The van der Waals surface area contributed by atoms with Gasteiger partial charge in [0.15, 0.2) is 5.11 Å². The molecule has 3 nitrogen and oxygen atoms in total. The minimum atomic E-state index is 0.470. The predicted molar refractivity (Wildman–Crippen MR) is 89.2 cm³/mol. The molecule has 2 aromatic rings. The lowest BCUT2D eigenvalue weighted by Crippen LogP contribution is -2.23. The minimum Gasteiger partial charge on any atom is -0.331 e. The van der Waals surface area contributed by atoms with E-state index in [1.165, 1.54) is 5.56 Å². The average molecular weight is 283 g/mol. The number of para-hydroxylation sites is 1. The minimum absolute atomic E-state index is 0.470. The highest BCUT2D eigenvalue weighted by atomic mass is 32.1. The Morgan fingerprint density at radius 3 is 2.45 bits per heavy atom. The van der Waals surface area contributed by atoms with Crippen LogP contribution in [0.3, 0.4) is 0 Å². The van der Waals surface area contributed by atoms with Crippen LogP contribution in [0.4, 0.5) is 5.69 Å². The summed E-state index contributed by atoms with van der Waals surface area (Å²) >= 11 is 5.15. The molecule has 0 atom stereocenters.